The minimum atomic E-state index is -0.491. The molecule has 1 fully saturated rings. The highest BCUT2D eigenvalue weighted by atomic mass is 35.5. The number of carbonyl (C=O) groups is 2. The highest BCUT2D eigenvalue weighted by molar-refractivity contribution is 6.34. The number of amides is 2. The van der Waals surface area contributed by atoms with Crippen molar-refractivity contribution in [3.63, 3.8) is 0 Å². The zero-order chi connectivity index (χ0) is 19.0. The SMILES string of the molecule is O=C(Nc1ccc2c(c1)N(C(=O)C1CCCC1)CC2)c1ccc(F)cc1Cl. The molecule has 1 saturated carbocycles. The first-order chi connectivity index (χ1) is 13.0. The number of carbonyl (C=O) groups excluding carboxylic acids is 2. The van der Waals surface area contributed by atoms with Gasteiger partial charge in [0.05, 0.1) is 10.6 Å². The molecule has 4 nitrogen and oxygen atoms in total. The maximum absolute atomic E-state index is 13.2. The summed E-state index contributed by atoms with van der Waals surface area (Å²) in [4.78, 5) is 27.2. The van der Waals surface area contributed by atoms with E-state index in [2.05, 4.69) is 5.32 Å². The van der Waals surface area contributed by atoms with Crippen molar-refractivity contribution in [3.8, 4) is 0 Å². The molecule has 1 heterocycles. The van der Waals surface area contributed by atoms with Gasteiger partial charge in [0, 0.05) is 23.8 Å². The van der Waals surface area contributed by atoms with Gasteiger partial charge in [0.1, 0.15) is 5.82 Å². The van der Waals surface area contributed by atoms with E-state index >= 15 is 0 Å². The second kappa shape index (κ2) is 7.31. The lowest BCUT2D eigenvalue weighted by Gasteiger charge is -2.21. The Balaban J connectivity index is 1.54. The molecule has 4 rings (SSSR count). The molecule has 0 bridgehead atoms. The third-order valence-corrected chi connectivity index (χ3v) is 5.70. The van der Waals surface area contributed by atoms with Gasteiger partial charge in [0.15, 0.2) is 0 Å². The Morgan fingerprint density at radius 2 is 1.89 bits per heavy atom. The molecular weight excluding hydrogens is 367 g/mol. The second-order valence-corrected chi connectivity index (χ2v) is 7.55. The van der Waals surface area contributed by atoms with Gasteiger partial charge in [-0.2, -0.15) is 0 Å². The Bertz CT molecular complexity index is 909. The summed E-state index contributed by atoms with van der Waals surface area (Å²) in [5.74, 6) is -0.592. The molecule has 0 saturated heterocycles. The molecule has 0 radical (unpaired) electrons. The van der Waals surface area contributed by atoms with Crippen molar-refractivity contribution in [2.75, 3.05) is 16.8 Å². The molecule has 0 spiro atoms. The van der Waals surface area contributed by atoms with Gasteiger partial charge >= 0.3 is 0 Å². The van der Waals surface area contributed by atoms with Gasteiger partial charge < -0.3 is 10.2 Å². The quantitative estimate of drug-likeness (QED) is 0.822. The van der Waals surface area contributed by atoms with Crippen LogP contribution in [0.1, 0.15) is 41.6 Å². The number of benzene rings is 2. The molecule has 2 aliphatic rings. The summed E-state index contributed by atoms with van der Waals surface area (Å²) >= 11 is 5.97. The largest absolute Gasteiger partial charge is 0.322 e. The molecule has 140 valence electrons. The highest BCUT2D eigenvalue weighted by Crippen LogP contribution is 2.35. The van der Waals surface area contributed by atoms with Gasteiger partial charge in [-0.1, -0.05) is 30.5 Å². The Hall–Kier alpha value is -2.40. The molecule has 1 aliphatic heterocycles. The second-order valence-electron chi connectivity index (χ2n) is 7.14. The van der Waals surface area contributed by atoms with E-state index < -0.39 is 11.7 Å². The standard InChI is InChI=1S/C21H20ClFN2O2/c22-18-11-15(23)6-8-17(18)20(26)24-16-7-5-13-9-10-25(19(13)12-16)21(27)14-3-1-2-4-14/h5-8,11-12,14H,1-4,9-10H2,(H,24,26). The van der Waals surface area contributed by atoms with Crippen LogP contribution in [0.2, 0.25) is 5.02 Å². The topological polar surface area (TPSA) is 49.4 Å². The van der Waals surface area contributed by atoms with Crippen LogP contribution in [0, 0.1) is 11.7 Å². The van der Waals surface area contributed by atoms with E-state index in [4.69, 9.17) is 11.6 Å². The predicted molar refractivity (Wildman–Crippen MR) is 104 cm³/mol. The van der Waals surface area contributed by atoms with Crippen LogP contribution in [0.3, 0.4) is 0 Å². The number of nitrogens with zero attached hydrogens (tertiary/aromatic N) is 1. The van der Waals surface area contributed by atoms with Crippen molar-refractivity contribution in [2.24, 2.45) is 5.92 Å². The number of halogens is 2. The van der Waals surface area contributed by atoms with Crippen LogP contribution in [0.4, 0.5) is 15.8 Å². The molecule has 2 amide bonds. The third-order valence-electron chi connectivity index (χ3n) is 5.38. The lowest BCUT2D eigenvalue weighted by molar-refractivity contribution is -0.122. The Morgan fingerprint density at radius 3 is 2.63 bits per heavy atom. The Morgan fingerprint density at radius 1 is 1.11 bits per heavy atom. The van der Waals surface area contributed by atoms with Crippen LogP contribution in [-0.4, -0.2) is 18.4 Å². The summed E-state index contributed by atoms with van der Waals surface area (Å²) in [7, 11) is 0. The summed E-state index contributed by atoms with van der Waals surface area (Å²) < 4.78 is 13.2. The first-order valence-corrected chi connectivity index (χ1v) is 9.61. The summed E-state index contributed by atoms with van der Waals surface area (Å²) in [6.45, 7) is 0.686. The number of hydrogen-bond acceptors (Lipinski definition) is 2. The van der Waals surface area contributed by atoms with Gasteiger partial charge in [-0.15, -0.1) is 0 Å². The summed E-state index contributed by atoms with van der Waals surface area (Å²) in [6.07, 6.45) is 4.98. The van der Waals surface area contributed by atoms with Gasteiger partial charge in [0.25, 0.3) is 5.91 Å². The molecule has 1 aliphatic carbocycles. The van der Waals surface area contributed by atoms with Crippen LogP contribution in [-0.2, 0) is 11.2 Å². The highest BCUT2D eigenvalue weighted by Gasteiger charge is 2.32. The van der Waals surface area contributed by atoms with Gasteiger partial charge in [-0.3, -0.25) is 9.59 Å². The Kier molecular flexibility index (Phi) is 4.87. The molecule has 0 aromatic heterocycles. The predicted octanol–water partition coefficient (Wildman–Crippen LogP) is 4.81. The van der Waals surface area contributed by atoms with E-state index in [1.54, 1.807) is 0 Å². The number of nitrogens with one attached hydrogen (secondary N) is 1. The number of hydrogen-bond donors (Lipinski definition) is 1. The summed E-state index contributed by atoms with van der Waals surface area (Å²) in [6, 6.07) is 9.27. The monoisotopic (exact) mass is 386 g/mol. The maximum atomic E-state index is 13.2. The minimum absolute atomic E-state index is 0.0618. The maximum Gasteiger partial charge on any atom is 0.257 e. The third kappa shape index (κ3) is 3.56. The normalized spacial score (nSPS) is 16.4. The molecule has 2 aromatic rings. The van der Waals surface area contributed by atoms with E-state index in [9.17, 15) is 14.0 Å². The average molecular weight is 387 g/mol. The van der Waals surface area contributed by atoms with E-state index in [0.29, 0.717) is 12.2 Å². The van der Waals surface area contributed by atoms with E-state index in [1.807, 2.05) is 23.1 Å². The molecule has 27 heavy (non-hydrogen) atoms. The lowest BCUT2D eigenvalue weighted by atomic mass is 10.1. The summed E-state index contributed by atoms with van der Waals surface area (Å²) in [5.41, 5.74) is 2.77. The Labute approximate surface area is 162 Å². The van der Waals surface area contributed by atoms with Crippen molar-refractivity contribution in [3.05, 3.63) is 58.4 Å². The zero-order valence-electron chi connectivity index (χ0n) is 14.8. The molecule has 6 heteroatoms. The van der Waals surface area contributed by atoms with E-state index in [1.165, 1.54) is 12.1 Å². The van der Waals surface area contributed by atoms with Crippen LogP contribution >= 0.6 is 11.6 Å². The lowest BCUT2D eigenvalue weighted by Crippen LogP contribution is -2.33. The fraction of sp³-hybridized carbons (Fsp3) is 0.333. The van der Waals surface area contributed by atoms with Crippen molar-refractivity contribution in [1.82, 2.24) is 0 Å². The number of anilines is 2. The van der Waals surface area contributed by atoms with Crippen LogP contribution in [0.5, 0.6) is 0 Å². The molecule has 1 N–H and O–H groups in total. The van der Waals surface area contributed by atoms with Crippen molar-refractivity contribution in [1.29, 1.82) is 0 Å². The van der Waals surface area contributed by atoms with Gasteiger partial charge in [-0.25, -0.2) is 4.39 Å². The van der Waals surface area contributed by atoms with E-state index in [0.717, 1.165) is 49.4 Å². The number of rotatable bonds is 3. The minimum Gasteiger partial charge on any atom is -0.322 e. The van der Waals surface area contributed by atoms with Crippen LogP contribution in [0.15, 0.2) is 36.4 Å². The molecule has 0 atom stereocenters. The summed E-state index contributed by atoms with van der Waals surface area (Å²) in [5, 5.41) is 2.86. The van der Waals surface area contributed by atoms with Crippen LogP contribution in [0.25, 0.3) is 0 Å². The smallest absolute Gasteiger partial charge is 0.257 e. The van der Waals surface area contributed by atoms with E-state index in [-0.39, 0.29) is 22.4 Å². The van der Waals surface area contributed by atoms with Crippen molar-refractivity contribution >= 4 is 34.8 Å². The average Bonchev–Trinajstić information content (AvgIpc) is 3.31. The van der Waals surface area contributed by atoms with Crippen molar-refractivity contribution in [2.45, 2.75) is 32.1 Å². The first kappa shape index (κ1) is 18.0. The first-order valence-electron chi connectivity index (χ1n) is 9.23. The molecule has 0 unspecified atom stereocenters. The fourth-order valence-electron chi connectivity index (χ4n) is 3.95. The van der Waals surface area contributed by atoms with Crippen molar-refractivity contribution < 1.29 is 14.0 Å². The number of fused-ring (bicyclic) bond motifs is 1. The van der Waals surface area contributed by atoms with Crippen LogP contribution < -0.4 is 10.2 Å². The molecular formula is C21H20ClFN2O2. The van der Waals surface area contributed by atoms with Gasteiger partial charge in [0.2, 0.25) is 5.91 Å². The zero-order valence-corrected chi connectivity index (χ0v) is 15.6. The van der Waals surface area contributed by atoms with Gasteiger partial charge in [-0.05, 0) is 55.2 Å². The molecule has 2 aromatic carbocycles. The fourth-order valence-corrected chi connectivity index (χ4v) is 4.20.